The van der Waals surface area contributed by atoms with Crippen LogP contribution in [0.1, 0.15) is 22.4 Å². The molecule has 1 aliphatic rings. The largest absolute Gasteiger partial charge is 0.478 e. The van der Waals surface area contributed by atoms with E-state index in [-0.39, 0.29) is 0 Å². The van der Waals surface area contributed by atoms with Gasteiger partial charge in [0.25, 0.3) is 0 Å². The van der Waals surface area contributed by atoms with Gasteiger partial charge in [0.15, 0.2) is 0 Å². The molecule has 2 heterocycles. The predicted octanol–water partition coefficient (Wildman–Crippen LogP) is 2.66. The Labute approximate surface area is 108 Å². The first-order chi connectivity index (χ1) is 8.66. The van der Waals surface area contributed by atoms with E-state index in [2.05, 4.69) is 11.9 Å². The van der Waals surface area contributed by atoms with E-state index in [9.17, 15) is 4.79 Å². The molecule has 4 nitrogen and oxygen atoms in total. The molecule has 92 valence electrons. The lowest BCUT2D eigenvalue weighted by Crippen LogP contribution is -2.06. The number of rotatable bonds is 2. The number of aromatic nitrogens is 2. The van der Waals surface area contributed by atoms with Gasteiger partial charge in [-0.15, -0.1) is 11.3 Å². The van der Waals surface area contributed by atoms with Crippen LogP contribution in [0.15, 0.2) is 24.3 Å². The minimum Gasteiger partial charge on any atom is -0.478 e. The zero-order valence-electron chi connectivity index (χ0n) is 9.88. The molecule has 0 atom stereocenters. The molecular formula is C13H12N2O2S. The predicted molar refractivity (Wildman–Crippen MR) is 70.1 cm³/mol. The van der Waals surface area contributed by atoms with Crippen LogP contribution in [0.2, 0.25) is 0 Å². The van der Waals surface area contributed by atoms with Crippen molar-refractivity contribution < 1.29 is 9.90 Å². The fraction of sp³-hybridized carbons (Fsp3) is 0.231. The number of hydrogen-bond donors (Lipinski definition) is 1. The van der Waals surface area contributed by atoms with E-state index in [4.69, 9.17) is 5.11 Å². The van der Waals surface area contributed by atoms with Crippen molar-refractivity contribution >= 4 is 23.4 Å². The van der Waals surface area contributed by atoms with E-state index < -0.39 is 5.97 Å². The smallest absolute Gasteiger partial charge is 0.331 e. The molecule has 18 heavy (non-hydrogen) atoms. The number of carboxylic acids is 1. The second-order valence-corrected chi connectivity index (χ2v) is 5.35. The molecule has 0 saturated heterocycles. The van der Waals surface area contributed by atoms with Gasteiger partial charge in [0, 0.05) is 22.8 Å². The maximum absolute atomic E-state index is 11.0. The third-order valence-electron chi connectivity index (χ3n) is 3.24. The standard InChI is InChI=1S/C13H12N2O2S/c1-8-10-3-2-9(13(16)17)6-11(10)18-12(8)15-5-4-14-7-15/h4-7H,2-3H2,1H3,(H,16,17). The van der Waals surface area contributed by atoms with Gasteiger partial charge in [0.05, 0.1) is 6.33 Å². The van der Waals surface area contributed by atoms with Crippen molar-refractivity contribution in [1.29, 1.82) is 0 Å². The van der Waals surface area contributed by atoms with Crippen LogP contribution >= 0.6 is 11.3 Å². The summed E-state index contributed by atoms with van der Waals surface area (Å²) >= 11 is 1.62. The third kappa shape index (κ3) is 1.67. The highest BCUT2D eigenvalue weighted by molar-refractivity contribution is 7.15. The van der Waals surface area contributed by atoms with Crippen molar-refractivity contribution in [2.45, 2.75) is 19.8 Å². The summed E-state index contributed by atoms with van der Waals surface area (Å²) in [5.41, 5.74) is 3.00. The summed E-state index contributed by atoms with van der Waals surface area (Å²) in [6.07, 6.45) is 8.65. The minimum atomic E-state index is -0.809. The van der Waals surface area contributed by atoms with Crippen molar-refractivity contribution in [2.75, 3.05) is 0 Å². The first kappa shape index (κ1) is 11.2. The summed E-state index contributed by atoms with van der Waals surface area (Å²) in [6, 6.07) is 0. The van der Waals surface area contributed by atoms with Gasteiger partial charge in [-0.2, -0.15) is 0 Å². The molecule has 1 N–H and O–H groups in total. The van der Waals surface area contributed by atoms with Crippen molar-refractivity contribution in [3.8, 4) is 5.00 Å². The number of imidazole rings is 1. The van der Waals surface area contributed by atoms with Crippen LogP contribution in [-0.2, 0) is 11.2 Å². The molecule has 2 aromatic rings. The molecule has 2 aromatic heterocycles. The fourth-order valence-electron chi connectivity index (χ4n) is 2.27. The SMILES string of the molecule is Cc1c(-n2ccnc2)sc2c1CCC(C(=O)O)=C2. The van der Waals surface area contributed by atoms with E-state index in [0.29, 0.717) is 12.0 Å². The molecule has 0 aliphatic heterocycles. The molecule has 0 spiro atoms. The number of carbonyl (C=O) groups is 1. The summed E-state index contributed by atoms with van der Waals surface area (Å²) in [5, 5.41) is 10.2. The molecule has 0 bridgehead atoms. The van der Waals surface area contributed by atoms with E-state index in [1.54, 1.807) is 29.9 Å². The summed E-state index contributed by atoms with van der Waals surface area (Å²) in [7, 11) is 0. The minimum absolute atomic E-state index is 0.501. The Bertz CT molecular complexity index is 638. The molecule has 0 saturated carbocycles. The number of aliphatic carboxylic acids is 1. The van der Waals surface area contributed by atoms with Gasteiger partial charge in [0.2, 0.25) is 0 Å². The summed E-state index contributed by atoms with van der Waals surface area (Å²) in [5.74, 6) is -0.809. The highest BCUT2D eigenvalue weighted by atomic mass is 32.1. The van der Waals surface area contributed by atoms with Gasteiger partial charge in [0.1, 0.15) is 5.00 Å². The van der Waals surface area contributed by atoms with E-state index in [1.165, 1.54) is 11.1 Å². The molecule has 5 heteroatoms. The van der Waals surface area contributed by atoms with Gasteiger partial charge < -0.3 is 5.11 Å². The second-order valence-electron chi connectivity index (χ2n) is 4.32. The number of hydrogen-bond acceptors (Lipinski definition) is 3. The Morgan fingerprint density at radius 3 is 3.00 bits per heavy atom. The van der Waals surface area contributed by atoms with Gasteiger partial charge >= 0.3 is 5.97 Å². The molecule has 1 aliphatic carbocycles. The normalized spacial score (nSPS) is 14.2. The zero-order valence-corrected chi connectivity index (χ0v) is 10.7. The quantitative estimate of drug-likeness (QED) is 0.903. The topological polar surface area (TPSA) is 55.1 Å². The van der Waals surface area contributed by atoms with Crippen LogP contribution in [-0.4, -0.2) is 20.6 Å². The molecular weight excluding hydrogens is 248 g/mol. The summed E-state index contributed by atoms with van der Waals surface area (Å²) < 4.78 is 1.98. The molecule has 0 radical (unpaired) electrons. The lowest BCUT2D eigenvalue weighted by molar-refractivity contribution is -0.132. The Morgan fingerprint density at radius 2 is 2.33 bits per heavy atom. The Hall–Kier alpha value is -1.88. The van der Waals surface area contributed by atoms with Crippen molar-refractivity contribution in [2.24, 2.45) is 0 Å². The molecule has 0 fully saturated rings. The first-order valence-corrected chi connectivity index (χ1v) is 6.53. The number of fused-ring (bicyclic) bond motifs is 1. The second kappa shape index (κ2) is 4.10. The van der Waals surface area contributed by atoms with E-state index in [1.807, 2.05) is 10.8 Å². The molecule has 0 aromatic carbocycles. The number of thiophene rings is 1. The number of nitrogens with zero attached hydrogens (tertiary/aromatic N) is 2. The van der Waals surface area contributed by atoms with E-state index >= 15 is 0 Å². The maximum atomic E-state index is 11.0. The van der Waals surface area contributed by atoms with Crippen LogP contribution in [0, 0.1) is 6.92 Å². The number of carboxylic acid groups (broad SMARTS) is 1. The van der Waals surface area contributed by atoms with Crippen LogP contribution in [0.3, 0.4) is 0 Å². The van der Waals surface area contributed by atoms with Crippen molar-refractivity contribution in [3.63, 3.8) is 0 Å². The van der Waals surface area contributed by atoms with Crippen molar-refractivity contribution in [1.82, 2.24) is 9.55 Å². The maximum Gasteiger partial charge on any atom is 0.331 e. The summed E-state index contributed by atoms with van der Waals surface area (Å²) in [4.78, 5) is 16.1. The molecule has 3 rings (SSSR count). The van der Waals surface area contributed by atoms with Crippen LogP contribution < -0.4 is 0 Å². The van der Waals surface area contributed by atoms with Gasteiger partial charge in [-0.3, -0.25) is 4.57 Å². The average molecular weight is 260 g/mol. The molecule has 0 amide bonds. The summed E-state index contributed by atoms with van der Waals surface area (Å²) in [6.45, 7) is 2.09. The average Bonchev–Trinajstić information content (AvgIpc) is 2.97. The van der Waals surface area contributed by atoms with Crippen LogP contribution in [0.5, 0.6) is 0 Å². The first-order valence-electron chi connectivity index (χ1n) is 5.71. The third-order valence-corrected chi connectivity index (χ3v) is 4.54. The zero-order chi connectivity index (χ0) is 12.7. The monoisotopic (exact) mass is 260 g/mol. The lowest BCUT2D eigenvalue weighted by Gasteiger charge is -2.10. The van der Waals surface area contributed by atoms with Gasteiger partial charge in [-0.25, -0.2) is 9.78 Å². The van der Waals surface area contributed by atoms with E-state index in [0.717, 1.165) is 16.3 Å². The molecule has 0 unspecified atom stereocenters. The van der Waals surface area contributed by atoms with Crippen molar-refractivity contribution in [3.05, 3.63) is 40.3 Å². The Balaban J connectivity index is 2.11. The van der Waals surface area contributed by atoms with Gasteiger partial charge in [-0.05, 0) is 37.0 Å². The Morgan fingerprint density at radius 1 is 1.50 bits per heavy atom. The highest BCUT2D eigenvalue weighted by Crippen LogP contribution is 2.37. The van der Waals surface area contributed by atoms with Crippen LogP contribution in [0.25, 0.3) is 11.1 Å². The van der Waals surface area contributed by atoms with Gasteiger partial charge in [-0.1, -0.05) is 0 Å². The Kier molecular flexibility index (Phi) is 2.56. The fourth-order valence-corrected chi connectivity index (χ4v) is 3.55. The lowest BCUT2D eigenvalue weighted by atomic mass is 9.95. The van der Waals surface area contributed by atoms with Crippen LogP contribution in [0.4, 0.5) is 0 Å². The highest BCUT2D eigenvalue weighted by Gasteiger charge is 2.21.